The standard InChI is InChI=1S/C16H21N5O/c1-2-3-12-7-19-16(20-8-12)21-10-13(15(22)11-21)6-14-9-17-4-5-18-14/h4-5,7-9,13,15,22H,2-3,6,10-11H2,1H3/t13-,15-/m1/s1. The molecule has 1 aliphatic rings. The fourth-order valence-electron chi connectivity index (χ4n) is 2.85. The molecule has 2 atom stereocenters. The molecule has 0 amide bonds. The molecule has 0 saturated carbocycles. The summed E-state index contributed by atoms with van der Waals surface area (Å²) in [5.41, 5.74) is 2.06. The lowest BCUT2D eigenvalue weighted by Crippen LogP contribution is -2.23. The zero-order chi connectivity index (χ0) is 15.4. The van der Waals surface area contributed by atoms with Gasteiger partial charge in [0.15, 0.2) is 0 Å². The van der Waals surface area contributed by atoms with Gasteiger partial charge in [-0.2, -0.15) is 0 Å². The zero-order valence-electron chi connectivity index (χ0n) is 12.8. The lowest BCUT2D eigenvalue weighted by molar-refractivity contribution is 0.147. The quantitative estimate of drug-likeness (QED) is 0.896. The number of aromatic nitrogens is 4. The third kappa shape index (κ3) is 3.39. The zero-order valence-corrected chi connectivity index (χ0v) is 12.8. The van der Waals surface area contributed by atoms with Crippen molar-refractivity contribution in [3.8, 4) is 0 Å². The van der Waals surface area contributed by atoms with Gasteiger partial charge < -0.3 is 10.0 Å². The van der Waals surface area contributed by atoms with Gasteiger partial charge >= 0.3 is 0 Å². The Morgan fingerprint density at radius 1 is 1.14 bits per heavy atom. The van der Waals surface area contributed by atoms with Gasteiger partial charge in [-0.25, -0.2) is 9.97 Å². The molecule has 0 aromatic carbocycles. The number of rotatable bonds is 5. The summed E-state index contributed by atoms with van der Waals surface area (Å²) in [5.74, 6) is 0.830. The van der Waals surface area contributed by atoms with Crippen LogP contribution in [0, 0.1) is 5.92 Å². The molecule has 2 aromatic heterocycles. The Morgan fingerprint density at radius 3 is 2.64 bits per heavy atom. The van der Waals surface area contributed by atoms with E-state index in [0.717, 1.165) is 37.1 Å². The third-order valence-corrected chi connectivity index (χ3v) is 4.01. The first kappa shape index (κ1) is 14.8. The SMILES string of the molecule is CCCc1cnc(N2C[C@@H](Cc3cnccn3)[C@H](O)C2)nc1. The van der Waals surface area contributed by atoms with Gasteiger partial charge in [-0.15, -0.1) is 0 Å². The highest BCUT2D eigenvalue weighted by atomic mass is 16.3. The second kappa shape index (κ2) is 6.79. The van der Waals surface area contributed by atoms with Crippen LogP contribution in [0.3, 0.4) is 0 Å². The summed E-state index contributed by atoms with van der Waals surface area (Å²) in [6, 6.07) is 0. The van der Waals surface area contributed by atoms with Crippen LogP contribution in [0.1, 0.15) is 24.6 Å². The Labute approximate surface area is 130 Å². The van der Waals surface area contributed by atoms with E-state index < -0.39 is 0 Å². The molecule has 1 fully saturated rings. The van der Waals surface area contributed by atoms with Crippen molar-refractivity contribution in [3.05, 3.63) is 42.2 Å². The molecule has 3 heterocycles. The van der Waals surface area contributed by atoms with E-state index in [9.17, 15) is 5.11 Å². The maximum atomic E-state index is 10.3. The molecule has 6 nitrogen and oxygen atoms in total. The van der Waals surface area contributed by atoms with Crippen molar-refractivity contribution < 1.29 is 5.11 Å². The van der Waals surface area contributed by atoms with Gasteiger partial charge in [0.1, 0.15) is 0 Å². The summed E-state index contributed by atoms with van der Waals surface area (Å²) in [7, 11) is 0. The number of anilines is 1. The fraction of sp³-hybridized carbons (Fsp3) is 0.500. The van der Waals surface area contributed by atoms with E-state index >= 15 is 0 Å². The van der Waals surface area contributed by atoms with E-state index in [2.05, 4.69) is 26.9 Å². The van der Waals surface area contributed by atoms with Gasteiger partial charge in [0.05, 0.1) is 11.8 Å². The molecule has 116 valence electrons. The lowest BCUT2D eigenvalue weighted by atomic mass is 10.0. The van der Waals surface area contributed by atoms with Gasteiger partial charge in [0.2, 0.25) is 5.95 Å². The predicted molar refractivity (Wildman–Crippen MR) is 83.5 cm³/mol. The number of hydrogen-bond acceptors (Lipinski definition) is 6. The van der Waals surface area contributed by atoms with Crippen molar-refractivity contribution in [2.24, 2.45) is 5.92 Å². The van der Waals surface area contributed by atoms with Crippen LogP contribution in [0.25, 0.3) is 0 Å². The number of aliphatic hydroxyl groups excluding tert-OH is 1. The van der Waals surface area contributed by atoms with Crippen LogP contribution in [0.15, 0.2) is 31.0 Å². The average Bonchev–Trinajstić information content (AvgIpc) is 2.90. The van der Waals surface area contributed by atoms with Crippen LogP contribution in [0.4, 0.5) is 5.95 Å². The Kier molecular flexibility index (Phi) is 4.58. The predicted octanol–water partition coefficient (Wildman–Crippen LogP) is 1.26. The molecular weight excluding hydrogens is 278 g/mol. The molecule has 2 aromatic rings. The summed E-state index contributed by atoms with van der Waals surface area (Å²) in [6.45, 7) is 3.45. The monoisotopic (exact) mass is 299 g/mol. The minimum atomic E-state index is -0.388. The Morgan fingerprint density at radius 2 is 1.95 bits per heavy atom. The number of aryl methyl sites for hydroxylation is 1. The van der Waals surface area contributed by atoms with Crippen molar-refractivity contribution in [3.63, 3.8) is 0 Å². The van der Waals surface area contributed by atoms with Gasteiger partial charge in [0, 0.05) is 50.0 Å². The Hall–Kier alpha value is -2.08. The summed E-state index contributed by atoms with van der Waals surface area (Å²) < 4.78 is 0. The maximum Gasteiger partial charge on any atom is 0.225 e. The minimum absolute atomic E-state index is 0.135. The molecule has 1 aliphatic heterocycles. The highest BCUT2D eigenvalue weighted by Gasteiger charge is 2.32. The van der Waals surface area contributed by atoms with Crippen LogP contribution >= 0.6 is 0 Å². The van der Waals surface area contributed by atoms with E-state index in [4.69, 9.17) is 0 Å². The number of aliphatic hydroxyl groups is 1. The average molecular weight is 299 g/mol. The molecule has 1 saturated heterocycles. The first-order valence-corrected chi connectivity index (χ1v) is 7.75. The summed E-state index contributed by atoms with van der Waals surface area (Å²) in [4.78, 5) is 19.3. The molecular formula is C16H21N5O. The van der Waals surface area contributed by atoms with Gasteiger partial charge in [0.25, 0.3) is 0 Å². The van der Waals surface area contributed by atoms with Crippen molar-refractivity contribution in [2.45, 2.75) is 32.3 Å². The molecule has 1 N–H and O–H groups in total. The van der Waals surface area contributed by atoms with Crippen molar-refractivity contribution in [2.75, 3.05) is 18.0 Å². The minimum Gasteiger partial charge on any atom is -0.391 e. The van der Waals surface area contributed by atoms with E-state index in [0.29, 0.717) is 12.5 Å². The Balaban J connectivity index is 1.65. The second-order valence-corrected chi connectivity index (χ2v) is 5.77. The van der Waals surface area contributed by atoms with Crippen molar-refractivity contribution >= 4 is 5.95 Å². The molecule has 22 heavy (non-hydrogen) atoms. The van der Waals surface area contributed by atoms with E-state index in [-0.39, 0.29) is 12.0 Å². The van der Waals surface area contributed by atoms with Crippen molar-refractivity contribution in [1.29, 1.82) is 0 Å². The number of hydrogen-bond donors (Lipinski definition) is 1. The molecule has 6 heteroatoms. The van der Waals surface area contributed by atoms with Gasteiger partial charge in [-0.05, 0) is 18.4 Å². The fourth-order valence-corrected chi connectivity index (χ4v) is 2.85. The smallest absolute Gasteiger partial charge is 0.225 e. The molecule has 0 bridgehead atoms. The second-order valence-electron chi connectivity index (χ2n) is 5.77. The number of nitrogens with zero attached hydrogens (tertiary/aromatic N) is 5. The van der Waals surface area contributed by atoms with Crippen LogP contribution in [0.2, 0.25) is 0 Å². The van der Waals surface area contributed by atoms with Crippen LogP contribution in [0.5, 0.6) is 0 Å². The third-order valence-electron chi connectivity index (χ3n) is 4.01. The number of β-amino-alcohol motifs (C(OH)–C–C–N with tert-alkyl or cyclic N) is 1. The van der Waals surface area contributed by atoms with Crippen molar-refractivity contribution in [1.82, 2.24) is 19.9 Å². The maximum absolute atomic E-state index is 10.3. The van der Waals surface area contributed by atoms with Gasteiger partial charge in [-0.3, -0.25) is 9.97 Å². The van der Waals surface area contributed by atoms with E-state index in [1.54, 1.807) is 18.6 Å². The summed E-state index contributed by atoms with van der Waals surface area (Å²) in [5, 5.41) is 10.3. The van der Waals surface area contributed by atoms with E-state index in [1.165, 1.54) is 0 Å². The molecule has 3 rings (SSSR count). The topological polar surface area (TPSA) is 75.0 Å². The molecule has 0 unspecified atom stereocenters. The highest BCUT2D eigenvalue weighted by molar-refractivity contribution is 5.33. The highest BCUT2D eigenvalue weighted by Crippen LogP contribution is 2.23. The van der Waals surface area contributed by atoms with Gasteiger partial charge in [-0.1, -0.05) is 13.3 Å². The largest absolute Gasteiger partial charge is 0.391 e. The van der Waals surface area contributed by atoms with Crippen LogP contribution in [-0.4, -0.2) is 44.2 Å². The van der Waals surface area contributed by atoms with E-state index in [1.807, 2.05) is 17.3 Å². The van der Waals surface area contributed by atoms with Crippen LogP contribution < -0.4 is 4.90 Å². The molecule has 0 aliphatic carbocycles. The first-order chi connectivity index (χ1) is 10.8. The first-order valence-electron chi connectivity index (χ1n) is 7.75. The lowest BCUT2D eigenvalue weighted by Gasteiger charge is -2.15. The summed E-state index contributed by atoms with van der Waals surface area (Å²) in [6.07, 6.45) is 11.3. The Bertz CT molecular complexity index is 589. The summed E-state index contributed by atoms with van der Waals surface area (Å²) >= 11 is 0. The molecule has 0 spiro atoms. The normalized spacial score (nSPS) is 21.3. The molecule has 0 radical (unpaired) electrons. The van der Waals surface area contributed by atoms with Crippen LogP contribution in [-0.2, 0) is 12.8 Å².